The Morgan fingerprint density at radius 3 is 2.75 bits per heavy atom. The summed E-state index contributed by atoms with van der Waals surface area (Å²) >= 11 is 11.7. The average molecular weight is 320 g/mol. The van der Waals surface area contributed by atoms with Crippen LogP contribution in [0.3, 0.4) is 0 Å². The summed E-state index contributed by atoms with van der Waals surface area (Å²) in [7, 11) is 0. The molecule has 0 heterocycles. The quantitative estimate of drug-likeness (QED) is 0.810. The molecule has 1 rings (SSSR count). The first kappa shape index (κ1) is 16.6. The minimum absolute atomic E-state index is 0.00241. The monoisotopic (exact) mass is 319 g/mol. The van der Waals surface area contributed by atoms with Crippen LogP contribution in [0.4, 0.5) is 0 Å². The summed E-state index contributed by atoms with van der Waals surface area (Å²) in [6.45, 7) is 1.52. The maximum Gasteiger partial charge on any atom is 0.303 e. The minimum atomic E-state index is -0.895. The third kappa shape index (κ3) is 6.12. The number of carboxylic acids is 1. The molecule has 0 aliphatic heterocycles. The number of carboxylic acid groups (broad SMARTS) is 1. The van der Waals surface area contributed by atoms with E-state index in [4.69, 9.17) is 33.0 Å². The van der Waals surface area contributed by atoms with E-state index in [-0.39, 0.29) is 25.0 Å². The van der Waals surface area contributed by atoms with Gasteiger partial charge in [0.05, 0.1) is 5.02 Å². The fourth-order valence-corrected chi connectivity index (χ4v) is 1.79. The van der Waals surface area contributed by atoms with E-state index in [2.05, 4.69) is 5.32 Å². The first-order valence-corrected chi connectivity index (χ1v) is 6.73. The number of ether oxygens (including phenoxy) is 1. The van der Waals surface area contributed by atoms with Crippen molar-refractivity contribution >= 4 is 35.1 Å². The molecule has 1 aromatic carbocycles. The lowest BCUT2D eigenvalue weighted by molar-refractivity contribution is -0.137. The maximum atomic E-state index is 11.6. The van der Waals surface area contributed by atoms with Crippen LogP contribution in [0.1, 0.15) is 19.8 Å². The molecule has 1 atom stereocenters. The summed E-state index contributed by atoms with van der Waals surface area (Å²) in [5.74, 6) is -0.917. The van der Waals surface area contributed by atoms with E-state index >= 15 is 0 Å². The second-order valence-corrected chi connectivity index (χ2v) is 5.11. The largest absolute Gasteiger partial charge is 0.482 e. The Bertz CT molecular complexity index is 493. The molecule has 0 fully saturated rings. The SMILES string of the molecule is CC(CCC(=O)O)NC(=O)COc1cc(Cl)ccc1Cl. The van der Waals surface area contributed by atoms with Gasteiger partial charge in [0.25, 0.3) is 5.91 Å². The predicted molar refractivity (Wildman–Crippen MR) is 76.4 cm³/mol. The van der Waals surface area contributed by atoms with Crippen molar-refractivity contribution in [2.45, 2.75) is 25.8 Å². The molecule has 7 heteroatoms. The topological polar surface area (TPSA) is 75.6 Å². The number of nitrogens with one attached hydrogen (secondary N) is 1. The van der Waals surface area contributed by atoms with Crippen LogP contribution in [-0.2, 0) is 9.59 Å². The van der Waals surface area contributed by atoms with Crippen molar-refractivity contribution in [3.63, 3.8) is 0 Å². The molecule has 0 aliphatic rings. The first-order chi connectivity index (χ1) is 9.38. The van der Waals surface area contributed by atoms with Crippen molar-refractivity contribution in [3.8, 4) is 5.75 Å². The van der Waals surface area contributed by atoms with Gasteiger partial charge in [-0.3, -0.25) is 9.59 Å². The Kier molecular flexibility index (Phi) is 6.61. The number of carbonyl (C=O) groups excluding carboxylic acids is 1. The van der Waals surface area contributed by atoms with Gasteiger partial charge in [-0.05, 0) is 25.5 Å². The fraction of sp³-hybridized carbons (Fsp3) is 0.385. The molecule has 0 saturated carbocycles. The Hall–Kier alpha value is -1.46. The Labute approximate surface area is 126 Å². The van der Waals surface area contributed by atoms with Gasteiger partial charge in [-0.25, -0.2) is 0 Å². The van der Waals surface area contributed by atoms with Gasteiger partial charge in [0.2, 0.25) is 0 Å². The highest BCUT2D eigenvalue weighted by Gasteiger charge is 2.11. The van der Waals surface area contributed by atoms with Crippen LogP contribution in [0.15, 0.2) is 18.2 Å². The van der Waals surface area contributed by atoms with Crippen LogP contribution in [0.25, 0.3) is 0 Å². The summed E-state index contributed by atoms with van der Waals surface area (Å²) in [4.78, 5) is 22.0. The molecular formula is C13H15Cl2NO4. The van der Waals surface area contributed by atoms with E-state index in [1.807, 2.05) is 0 Å². The highest BCUT2D eigenvalue weighted by molar-refractivity contribution is 6.34. The van der Waals surface area contributed by atoms with Gasteiger partial charge < -0.3 is 15.2 Å². The number of benzene rings is 1. The zero-order valence-electron chi connectivity index (χ0n) is 10.9. The van der Waals surface area contributed by atoms with Gasteiger partial charge in [-0.15, -0.1) is 0 Å². The van der Waals surface area contributed by atoms with Crippen molar-refractivity contribution in [1.82, 2.24) is 5.32 Å². The third-order valence-electron chi connectivity index (χ3n) is 2.45. The lowest BCUT2D eigenvalue weighted by Crippen LogP contribution is -2.36. The number of aliphatic carboxylic acids is 1. The number of halogens is 2. The molecule has 110 valence electrons. The van der Waals surface area contributed by atoms with Gasteiger partial charge in [-0.1, -0.05) is 23.2 Å². The molecule has 0 bridgehead atoms. The van der Waals surface area contributed by atoms with Crippen molar-refractivity contribution in [2.75, 3.05) is 6.61 Å². The number of amides is 1. The second-order valence-electron chi connectivity index (χ2n) is 4.26. The summed E-state index contributed by atoms with van der Waals surface area (Å²) in [5.41, 5.74) is 0. The van der Waals surface area contributed by atoms with Gasteiger partial charge in [-0.2, -0.15) is 0 Å². The van der Waals surface area contributed by atoms with E-state index in [9.17, 15) is 9.59 Å². The highest BCUT2D eigenvalue weighted by Crippen LogP contribution is 2.27. The number of hydrogen-bond donors (Lipinski definition) is 2. The van der Waals surface area contributed by atoms with Crippen LogP contribution >= 0.6 is 23.2 Å². The molecule has 1 unspecified atom stereocenters. The van der Waals surface area contributed by atoms with Gasteiger partial charge in [0, 0.05) is 23.6 Å². The zero-order chi connectivity index (χ0) is 15.1. The summed E-state index contributed by atoms with van der Waals surface area (Å²) in [6, 6.07) is 4.47. The number of rotatable bonds is 7. The van der Waals surface area contributed by atoms with Crippen molar-refractivity contribution < 1.29 is 19.4 Å². The van der Waals surface area contributed by atoms with Crippen LogP contribution < -0.4 is 10.1 Å². The Balaban J connectivity index is 2.39. The summed E-state index contributed by atoms with van der Waals surface area (Å²) < 4.78 is 5.26. The molecule has 20 heavy (non-hydrogen) atoms. The molecule has 0 radical (unpaired) electrons. The van der Waals surface area contributed by atoms with Crippen molar-refractivity contribution in [1.29, 1.82) is 0 Å². The molecule has 2 N–H and O–H groups in total. The maximum absolute atomic E-state index is 11.6. The highest BCUT2D eigenvalue weighted by atomic mass is 35.5. The predicted octanol–water partition coefficient (Wildman–Crippen LogP) is 2.74. The molecule has 1 amide bonds. The van der Waals surface area contributed by atoms with Crippen molar-refractivity contribution in [2.24, 2.45) is 0 Å². The van der Waals surface area contributed by atoms with Gasteiger partial charge in [0.1, 0.15) is 5.75 Å². The molecule has 1 aromatic rings. The Morgan fingerprint density at radius 1 is 1.40 bits per heavy atom. The van der Waals surface area contributed by atoms with Gasteiger partial charge >= 0.3 is 5.97 Å². The fourth-order valence-electron chi connectivity index (χ4n) is 1.46. The number of carbonyl (C=O) groups is 2. The van der Waals surface area contributed by atoms with E-state index < -0.39 is 5.97 Å². The van der Waals surface area contributed by atoms with Crippen LogP contribution in [0.5, 0.6) is 5.75 Å². The van der Waals surface area contributed by atoms with Gasteiger partial charge in [0.15, 0.2) is 6.61 Å². The summed E-state index contributed by atoms with van der Waals surface area (Å²) in [6.07, 6.45) is 0.363. The number of hydrogen-bond acceptors (Lipinski definition) is 3. The van der Waals surface area contributed by atoms with Crippen LogP contribution in [0, 0.1) is 0 Å². The Morgan fingerprint density at radius 2 is 2.10 bits per heavy atom. The van der Waals surface area contributed by atoms with E-state index in [0.29, 0.717) is 22.2 Å². The smallest absolute Gasteiger partial charge is 0.303 e. The molecule has 0 aliphatic carbocycles. The molecular weight excluding hydrogens is 305 g/mol. The minimum Gasteiger partial charge on any atom is -0.482 e. The normalized spacial score (nSPS) is 11.8. The van der Waals surface area contributed by atoms with E-state index in [0.717, 1.165) is 0 Å². The summed E-state index contributed by atoms with van der Waals surface area (Å²) in [5, 5.41) is 12.0. The van der Waals surface area contributed by atoms with E-state index in [1.165, 1.54) is 6.07 Å². The van der Waals surface area contributed by atoms with Crippen molar-refractivity contribution in [3.05, 3.63) is 28.2 Å². The molecule has 0 saturated heterocycles. The lowest BCUT2D eigenvalue weighted by atomic mass is 10.2. The van der Waals surface area contributed by atoms with Crippen LogP contribution in [0.2, 0.25) is 10.0 Å². The zero-order valence-corrected chi connectivity index (χ0v) is 12.4. The molecule has 0 spiro atoms. The van der Waals surface area contributed by atoms with Crippen LogP contribution in [-0.4, -0.2) is 29.6 Å². The molecule has 0 aromatic heterocycles. The lowest BCUT2D eigenvalue weighted by Gasteiger charge is -2.13. The molecule has 5 nitrogen and oxygen atoms in total. The first-order valence-electron chi connectivity index (χ1n) is 5.97. The standard InChI is InChI=1S/C13H15Cl2NO4/c1-8(2-5-13(18)19)16-12(17)7-20-11-6-9(14)3-4-10(11)15/h3-4,6,8H,2,5,7H2,1H3,(H,16,17)(H,18,19). The average Bonchev–Trinajstić information content (AvgIpc) is 2.37. The second kappa shape index (κ2) is 7.97. The van der Waals surface area contributed by atoms with E-state index in [1.54, 1.807) is 19.1 Å². The third-order valence-corrected chi connectivity index (χ3v) is 3.00.